The van der Waals surface area contributed by atoms with Gasteiger partial charge in [0.25, 0.3) is 0 Å². The van der Waals surface area contributed by atoms with Crippen molar-refractivity contribution in [3.63, 3.8) is 0 Å². The number of aryl methyl sites for hydroxylation is 1. The van der Waals surface area contributed by atoms with E-state index in [1.165, 1.54) is 0 Å². The van der Waals surface area contributed by atoms with Gasteiger partial charge in [-0.2, -0.15) is 0 Å². The number of ether oxygens (including phenoxy) is 1. The predicted octanol–water partition coefficient (Wildman–Crippen LogP) is 3.98. The maximum atomic E-state index is 15.1. The number of benzene rings is 1. The number of nitrogens with zero attached hydrogens (tertiary/aromatic N) is 6. The average Bonchev–Trinajstić information content (AvgIpc) is 3.48. The number of piperazine rings is 2. The van der Waals surface area contributed by atoms with Gasteiger partial charge < -0.3 is 29.3 Å². The minimum absolute atomic E-state index is 0.0293. The summed E-state index contributed by atoms with van der Waals surface area (Å²) in [5.41, 5.74) is 2.79. The Hall–Kier alpha value is -3.60. The van der Waals surface area contributed by atoms with Gasteiger partial charge in [0, 0.05) is 57.4 Å². The molecule has 2 atom stereocenters. The molecular formula is C29H39FN8O2. The van der Waals surface area contributed by atoms with Crippen LogP contribution in [0.4, 0.5) is 26.4 Å². The van der Waals surface area contributed by atoms with Crippen LogP contribution in [0.1, 0.15) is 46.0 Å². The first-order valence-electron chi connectivity index (χ1n) is 14.3. The summed E-state index contributed by atoms with van der Waals surface area (Å²) >= 11 is 0. The van der Waals surface area contributed by atoms with Crippen LogP contribution < -0.4 is 20.4 Å². The van der Waals surface area contributed by atoms with E-state index < -0.39 is 5.60 Å². The largest absolute Gasteiger partial charge is 0.444 e. The number of pyridine rings is 1. The van der Waals surface area contributed by atoms with Crippen LogP contribution in [0.5, 0.6) is 0 Å². The molecule has 2 fully saturated rings. The highest BCUT2D eigenvalue weighted by atomic mass is 19.1. The number of fused-ring (bicyclic) bond motifs is 3. The molecule has 0 spiro atoms. The van der Waals surface area contributed by atoms with E-state index in [0.29, 0.717) is 31.2 Å². The molecule has 0 radical (unpaired) electrons. The fraction of sp³-hybridized carbons (Fsp3) is 0.552. The van der Waals surface area contributed by atoms with Crippen molar-refractivity contribution in [3.05, 3.63) is 42.1 Å². The van der Waals surface area contributed by atoms with Gasteiger partial charge in [0.05, 0.1) is 30.1 Å². The van der Waals surface area contributed by atoms with E-state index in [-0.39, 0.29) is 18.1 Å². The van der Waals surface area contributed by atoms with Crippen molar-refractivity contribution < 1.29 is 13.9 Å². The summed E-state index contributed by atoms with van der Waals surface area (Å²) in [7, 11) is 0. The molecule has 1 amide bonds. The van der Waals surface area contributed by atoms with Crippen molar-refractivity contribution in [3.8, 4) is 0 Å². The fourth-order valence-corrected chi connectivity index (χ4v) is 5.90. The van der Waals surface area contributed by atoms with Crippen LogP contribution in [0.2, 0.25) is 0 Å². The van der Waals surface area contributed by atoms with Crippen LogP contribution in [0.25, 0.3) is 11.0 Å². The highest BCUT2D eigenvalue weighted by Crippen LogP contribution is 2.34. The van der Waals surface area contributed by atoms with Crippen LogP contribution in [0, 0.1) is 5.82 Å². The summed E-state index contributed by atoms with van der Waals surface area (Å²) in [5.74, 6) is 1.51. The molecule has 1 aromatic carbocycles. The maximum Gasteiger partial charge on any atom is 0.410 e. The molecule has 11 heteroatoms. The average molecular weight is 551 g/mol. The van der Waals surface area contributed by atoms with Crippen LogP contribution in [-0.4, -0.2) is 83.1 Å². The van der Waals surface area contributed by atoms with Gasteiger partial charge in [0.1, 0.15) is 22.8 Å². The molecule has 40 heavy (non-hydrogen) atoms. The molecule has 3 aromatic rings. The lowest BCUT2D eigenvalue weighted by atomic mass is 10.2. The zero-order valence-electron chi connectivity index (χ0n) is 23.8. The van der Waals surface area contributed by atoms with E-state index >= 15 is 4.39 Å². The lowest BCUT2D eigenvalue weighted by molar-refractivity contribution is 0.0240. The summed E-state index contributed by atoms with van der Waals surface area (Å²) in [6, 6.07) is 8.10. The third-order valence-electron chi connectivity index (χ3n) is 7.94. The smallest absolute Gasteiger partial charge is 0.410 e. The van der Waals surface area contributed by atoms with Gasteiger partial charge in [0.15, 0.2) is 5.82 Å². The number of carbonyl (C=O) groups excluding carboxylic acids is 1. The Kier molecular flexibility index (Phi) is 6.93. The van der Waals surface area contributed by atoms with Crippen molar-refractivity contribution in [2.24, 2.45) is 0 Å². The molecule has 6 rings (SSSR count). The lowest BCUT2D eigenvalue weighted by Crippen LogP contribution is -2.54. The highest BCUT2D eigenvalue weighted by molar-refractivity contribution is 5.82. The maximum absolute atomic E-state index is 15.1. The Morgan fingerprint density at radius 3 is 2.62 bits per heavy atom. The first kappa shape index (κ1) is 26.6. The van der Waals surface area contributed by atoms with Crippen molar-refractivity contribution >= 4 is 34.3 Å². The zero-order valence-corrected chi connectivity index (χ0v) is 23.8. The monoisotopic (exact) mass is 550 g/mol. The summed E-state index contributed by atoms with van der Waals surface area (Å²) in [6.07, 6.45) is 3.54. The Balaban J connectivity index is 1.07. The van der Waals surface area contributed by atoms with Crippen LogP contribution in [-0.2, 0) is 11.2 Å². The van der Waals surface area contributed by atoms with Gasteiger partial charge in [0.2, 0.25) is 0 Å². The van der Waals surface area contributed by atoms with E-state index in [1.807, 2.05) is 33.0 Å². The molecule has 3 aliphatic rings. The quantitative estimate of drug-likeness (QED) is 0.504. The number of rotatable bonds is 4. The Bertz CT molecular complexity index is 1380. The predicted molar refractivity (Wildman–Crippen MR) is 155 cm³/mol. The number of imidazole rings is 1. The fourth-order valence-electron chi connectivity index (χ4n) is 5.90. The minimum Gasteiger partial charge on any atom is -0.444 e. The molecule has 0 aliphatic carbocycles. The van der Waals surface area contributed by atoms with Crippen molar-refractivity contribution in [1.29, 1.82) is 0 Å². The van der Waals surface area contributed by atoms with Gasteiger partial charge in [-0.25, -0.2) is 19.2 Å². The Labute approximate surface area is 234 Å². The normalized spacial score (nSPS) is 21.6. The first-order valence-corrected chi connectivity index (χ1v) is 14.3. The molecule has 2 unspecified atom stereocenters. The van der Waals surface area contributed by atoms with Gasteiger partial charge in [-0.15, -0.1) is 0 Å². The van der Waals surface area contributed by atoms with E-state index in [4.69, 9.17) is 4.74 Å². The number of aromatic nitrogens is 3. The summed E-state index contributed by atoms with van der Waals surface area (Å²) in [5, 5.41) is 7.00. The lowest BCUT2D eigenvalue weighted by Gasteiger charge is -2.37. The number of hydrogen-bond acceptors (Lipinski definition) is 8. The third kappa shape index (κ3) is 5.39. The van der Waals surface area contributed by atoms with Crippen molar-refractivity contribution in [2.45, 2.75) is 58.3 Å². The Morgan fingerprint density at radius 1 is 1.10 bits per heavy atom. The number of hydrogen-bond donors (Lipinski definition) is 2. The van der Waals surface area contributed by atoms with E-state index in [0.717, 1.165) is 67.6 Å². The van der Waals surface area contributed by atoms with Crippen LogP contribution >= 0.6 is 0 Å². The third-order valence-corrected chi connectivity index (χ3v) is 7.94. The number of carbonyl (C=O) groups is 1. The highest BCUT2D eigenvalue weighted by Gasteiger charge is 2.28. The molecule has 2 aromatic heterocycles. The second-order valence-corrected chi connectivity index (χ2v) is 12.0. The molecule has 3 aliphatic heterocycles. The van der Waals surface area contributed by atoms with Gasteiger partial charge >= 0.3 is 6.09 Å². The second kappa shape index (κ2) is 10.4. The summed E-state index contributed by atoms with van der Waals surface area (Å²) in [6.45, 7) is 12.8. The molecule has 10 nitrogen and oxygen atoms in total. The standard InChI is InChI=1S/C29H39FN8O2/c1-19-5-8-26-34-27-22(30)15-21(16-23(27)38(19)26)37-10-9-31-25(18-37)33-24-7-6-20(17-32-24)35-11-13-36(14-12-35)28(39)40-29(2,3)4/h6-7,15-17,19,25,31H,5,8-14,18H2,1-4H3,(H,32,33). The minimum atomic E-state index is -0.492. The molecule has 5 heterocycles. The SMILES string of the molecule is CC1CCc2nc3c(F)cc(N4CCNC(Nc5ccc(N6CCN(C(=O)OC(C)(C)C)CC6)cn5)C4)cc3n21. The first-order chi connectivity index (χ1) is 19.1. The molecule has 2 saturated heterocycles. The van der Waals surface area contributed by atoms with Crippen molar-refractivity contribution in [1.82, 2.24) is 24.8 Å². The van der Waals surface area contributed by atoms with E-state index in [2.05, 4.69) is 54.0 Å². The molecule has 0 saturated carbocycles. The van der Waals surface area contributed by atoms with Crippen LogP contribution in [0.3, 0.4) is 0 Å². The number of amides is 1. The van der Waals surface area contributed by atoms with E-state index in [1.54, 1.807) is 11.0 Å². The van der Waals surface area contributed by atoms with Gasteiger partial charge in [-0.05, 0) is 58.4 Å². The number of nitrogens with one attached hydrogen (secondary N) is 2. The van der Waals surface area contributed by atoms with Gasteiger partial charge in [-0.1, -0.05) is 0 Å². The molecular weight excluding hydrogens is 511 g/mol. The van der Waals surface area contributed by atoms with Crippen LogP contribution in [0.15, 0.2) is 30.5 Å². The molecule has 0 bridgehead atoms. The van der Waals surface area contributed by atoms with E-state index in [9.17, 15) is 4.79 Å². The summed E-state index contributed by atoms with van der Waals surface area (Å²) in [4.78, 5) is 27.8. The zero-order chi connectivity index (χ0) is 28.0. The number of anilines is 3. The Morgan fingerprint density at radius 2 is 1.90 bits per heavy atom. The van der Waals surface area contributed by atoms with Gasteiger partial charge in [-0.3, -0.25) is 5.32 Å². The number of halogens is 1. The molecule has 2 N–H and O–H groups in total. The van der Waals surface area contributed by atoms with Crippen molar-refractivity contribution in [2.75, 3.05) is 60.9 Å². The topological polar surface area (TPSA) is 90.8 Å². The summed E-state index contributed by atoms with van der Waals surface area (Å²) < 4.78 is 22.8. The second-order valence-electron chi connectivity index (χ2n) is 12.0. The molecule has 214 valence electrons.